The lowest BCUT2D eigenvalue weighted by Gasteiger charge is -2.29. The van der Waals surface area contributed by atoms with Crippen molar-refractivity contribution in [2.24, 2.45) is 0 Å². The summed E-state index contributed by atoms with van der Waals surface area (Å²) in [4.78, 5) is 20.2. The van der Waals surface area contributed by atoms with Gasteiger partial charge in [0.05, 0.1) is 11.9 Å². The molecule has 1 aromatic heterocycles. The first kappa shape index (κ1) is 13.0. The van der Waals surface area contributed by atoms with Crippen LogP contribution in [0.25, 0.3) is 0 Å². The van der Waals surface area contributed by atoms with Crippen LogP contribution in [0.2, 0.25) is 0 Å². The Hall–Kier alpha value is -1.42. The lowest BCUT2D eigenvalue weighted by molar-refractivity contribution is 0.101. The molecule has 0 aliphatic carbocycles. The van der Waals surface area contributed by atoms with E-state index in [0.29, 0.717) is 11.7 Å². The van der Waals surface area contributed by atoms with Gasteiger partial charge in [-0.25, -0.2) is 0 Å². The normalized spacial score (nSPS) is 21.7. The van der Waals surface area contributed by atoms with E-state index in [0.717, 1.165) is 31.7 Å². The second kappa shape index (κ2) is 5.48. The van der Waals surface area contributed by atoms with Crippen molar-refractivity contribution in [2.75, 3.05) is 31.6 Å². The molecule has 1 aliphatic rings. The molecular formula is C14H21N3O. The third-order valence-electron chi connectivity index (χ3n) is 3.49. The van der Waals surface area contributed by atoms with E-state index in [1.807, 2.05) is 18.3 Å². The minimum absolute atomic E-state index is 0.0187. The van der Waals surface area contributed by atoms with Crippen molar-refractivity contribution in [3.05, 3.63) is 24.0 Å². The third-order valence-corrected chi connectivity index (χ3v) is 3.49. The van der Waals surface area contributed by atoms with Crippen LogP contribution in [0.5, 0.6) is 0 Å². The largest absolute Gasteiger partial charge is 0.366 e. The number of anilines is 1. The fraction of sp³-hybridized carbons (Fsp3) is 0.571. The molecule has 1 aromatic rings. The number of aromatic nitrogens is 1. The van der Waals surface area contributed by atoms with E-state index in [9.17, 15) is 4.79 Å². The molecule has 0 N–H and O–H groups in total. The monoisotopic (exact) mass is 247 g/mol. The Kier molecular flexibility index (Phi) is 3.97. The van der Waals surface area contributed by atoms with Crippen LogP contribution < -0.4 is 4.90 Å². The number of carbonyl (C=O) groups excluding carboxylic acids is 1. The number of ketones is 1. The van der Waals surface area contributed by atoms with E-state index >= 15 is 0 Å². The van der Waals surface area contributed by atoms with Crippen LogP contribution in [0.3, 0.4) is 0 Å². The van der Waals surface area contributed by atoms with E-state index in [-0.39, 0.29) is 5.78 Å². The van der Waals surface area contributed by atoms with Gasteiger partial charge in [0.25, 0.3) is 0 Å². The van der Waals surface area contributed by atoms with E-state index in [1.165, 1.54) is 0 Å². The molecule has 0 saturated carbocycles. The molecule has 4 heteroatoms. The molecule has 4 nitrogen and oxygen atoms in total. The first-order valence-electron chi connectivity index (χ1n) is 6.50. The SMILES string of the molecule is CC(=O)c1ccc(N2CCCN(C)CC2C)cn1. The van der Waals surface area contributed by atoms with Crippen molar-refractivity contribution >= 4 is 11.5 Å². The molecule has 2 heterocycles. The molecule has 1 saturated heterocycles. The van der Waals surface area contributed by atoms with Crippen LogP contribution in [0.15, 0.2) is 18.3 Å². The van der Waals surface area contributed by atoms with Gasteiger partial charge in [0.2, 0.25) is 0 Å². The van der Waals surface area contributed by atoms with Crippen LogP contribution in [0.1, 0.15) is 30.8 Å². The lowest BCUT2D eigenvalue weighted by atomic mass is 10.2. The molecule has 0 radical (unpaired) electrons. The van der Waals surface area contributed by atoms with Gasteiger partial charge in [-0.2, -0.15) is 0 Å². The number of hydrogen-bond acceptors (Lipinski definition) is 4. The second-order valence-electron chi connectivity index (χ2n) is 5.12. The number of rotatable bonds is 2. The van der Waals surface area contributed by atoms with Crippen molar-refractivity contribution in [3.63, 3.8) is 0 Å². The smallest absolute Gasteiger partial charge is 0.178 e. The fourth-order valence-corrected chi connectivity index (χ4v) is 2.52. The second-order valence-corrected chi connectivity index (χ2v) is 5.12. The Morgan fingerprint density at radius 2 is 2.17 bits per heavy atom. The highest BCUT2D eigenvalue weighted by Gasteiger charge is 2.20. The average Bonchev–Trinajstić information content (AvgIpc) is 2.50. The first-order valence-corrected chi connectivity index (χ1v) is 6.50. The predicted molar refractivity (Wildman–Crippen MR) is 73.2 cm³/mol. The van der Waals surface area contributed by atoms with E-state index in [4.69, 9.17) is 0 Å². The summed E-state index contributed by atoms with van der Waals surface area (Å²) in [5.74, 6) is 0.0187. The quantitative estimate of drug-likeness (QED) is 0.747. The summed E-state index contributed by atoms with van der Waals surface area (Å²) < 4.78 is 0. The maximum Gasteiger partial charge on any atom is 0.178 e. The highest BCUT2D eigenvalue weighted by Crippen LogP contribution is 2.19. The van der Waals surface area contributed by atoms with E-state index in [2.05, 4.69) is 28.8 Å². The highest BCUT2D eigenvalue weighted by atomic mass is 16.1. The van der Waals surface area contributed by atoms with Crippen LogP contribution >= 0.6 is 0 Å². The average molecular weight is 247 g/mol. The van der Waals surface area contributed by atoms with Crippen LogP contribution in [-0.2, 0) is 0 Å². The molecule has 1 atom stereocenters. The number of nitrogens with zero attached hydrogens (tertiary/aromatic N) is 3. The van der Waals surface area contributed by atoms with Gasteiger partial charge >= 0.3 is 0 Å². The molecule has 1 fully saturated rings. The molecule has 18 heavy (non-hydrogen) atoms. The summed E-state index contributed by atoms with van der Waals surface area (Å²) in [7, 11) is 2.16. The minimum Gasteiger partial charge on any atom is -0.366 e. The summed E-state index contributed by atoms with van der Waals surface area (Å²) in [6.07, 6.45) is 2.98. The fourth-order valence-electron chi connectivity index (χ4n) is 2.52. The molecule has 1 aliphatic heterocycles. The van der Waals surface area contributed by atoms with Crippen molar-refractivity contribution in [1.29, 1.82) is 0 Å². The number of carbonyl (C=O) groups is 1. The maximum atomic E-state index is 11.2. The molecular weight excluding hydrogens is 226 g/mol. The Morgan fingerprint density at radius 1 is 1.39 bits per heavy atom. The topological polar surface area (TPSA) is 36.4 Å². The van der Waals surface area contributed by atoms with E-state index < -0.39 is 0 Å². The summed E-state index contributed by atoms with van der Waals surface area (Å²) >= 11 is 0. The van der Waals surface area contributed by atoms with Crippen molar-refractivity contribution < 1.29 is 4.79 Å². The van der Waals surface area contributed by atoms with Crippen LogP contribution in [0, 0.1) is 0 Å². The number of likely N-dealkylation sites (N-methyl/N-ethyl adjacent to an activating group) is 1. The number of Topliss-reactive ketones (excluding diaryl/α,β-unsaturated/α-hetero) is 1. The van der Waals surface area contributed by atoms with Gasteiger partial charge in [-0.05, 0) is 39.1 Å². The van der Waals surface area contributed by atoms with Gasteiger partial charge in [-0.15, -0.1) is 0 Å². The van der Waals surface area contributed by atoms with Crippen molar-refractivity contribution in [1.82, 2.24) is 9.88 Å². The van der Waals surface area contributed by atoms with E-state index in [1.54, 1.807) is 6.92 Å². The van der Waals surface area contributed by atoms with Gasteiger partial charge in [-0.1, -0.05) is 0 Å². The summed E-state index contributed by atoms with van der Waals surface area (Å²) in [5.41, 5.74) is 1.65. The van der Waals surface area contributed by atoms with Gasteiger partial charge < -0.3 is 9.80 Å². The Bertz CT molecular complexity index is 416. The standard InChI is InChI=1S/C14H21N3O/c1-11-10-16(3)7-4-8-17(11)13-5-6-14(12(2)18)15-9-13/h5-6,9,11H,4,7-8,10H2,1-3H3. The van der Waals surface area contributed by atoms with Gasteiger partial charge in [0, 0.05) is 26.1 Å². The molecule has 0 spiro atoms. The van der Waals surface area contributed by atoms with Crippen LogP contribution in [-0.4, -0.2) is 48.4 Å². The minimum atomic E-state index is 0.0187. The molecule has 0 amide bonds. The zero-order valence-electron chi connectivity index (χ0n) is 11.4. The first-order chi connectivity index (χ1) is 8.58. The predicted octanol–water partition coefficient (Wildman–Crippen LogP) is 1.81. The third kappa shape index (κ3) is 2.88. The maximum absolute atomic E-state index is 11.2. The van der Waals surface area contributed by atoms with Crippen molar-refractivity contribution in [3.8, 4) is 0 Å². The van der Waals surface area contributed by atoms with Crippen molar-refractivity contribution in [2.45, 2.75) is 26.3 Å². The molecule has 0 aromatic carbocycles. The molecule has 98 valence electrons. The van der Waals surface area contributed by atoms with Gasteiger partial charge in [0.15, 0.2) is 5.78 Å². The zero-order valence-corrected chi connectivity index (χ0v) is 11.4. The number of hydrogen-bond donors (Lipinski definition) is 0. The zero-order chi connectivity index (χ0) is 13.1. The molecule has 1 unspecified atom stereocenters. The number of pyridine rings is 1. The Balaban J connectivity index is 2.16. The van der Waals surface area contributed by atoms with Gasteiger partial charge in [0.1, 0.15) is 5.69 Å². The summed E-state index contributed by atoms with van der Waals surface area (Å²) in [6, 6.07) is 4.30. The lowest BCUT2D eigenvalue weighted by Crippen LogP contribution is -2.38. The van der Waals surface area contributed by atoms with Gasteiger partial charge in [-0.3, -0.25) is 9.78 Å². The molecule has 2 rings (SSSR count). The van der Waals surface area contributed by atoms with Crippen LogP contribution in [0.4, 0.5) is 5.69 Å². The highest BCUT2D eigenvalue weighted by molar-refractivity contribution is 5.92. The summed E-state index contributed by atoms with van der Waals surface area (Å²) in [5, 5.41) is 0. The Morgan fingerprint density at radius 3 is 2.78 bits per heavy atom. The summed E-state index contributed by atoms with van der Waals surface area (Å²) in [6.45, 7) is 7.03. The Labute approximate surface area is 109 Å². The molecule has 0 bridgehead atoms.